The molecule has 1 aromatic carbocycles. The maximum Gasteiger partial charge on any atom is 0.0732 e. The van der Waals surface area contributed by atoms with Gasteiger partial charge in [0.1, 0.15) is 0 Å². The van der Waals surface area contributed by atoms with Crippen LogP contribution >= 0.6 is 15.9 Å². The molecule has 0 fully saturated rings. The predicted octanol–water partition coefficient (Wildman–Crippen LogP) is 4.95. The number of halogens is 1. The number of pyridine rings is 1. The normalized spacial score (nSPS) is 11.9. The Labute approximate surface area is 123 Å². The van der Waals surface area contributed by atoms with Gasteiger partial charge in [0, 0.05) is 33.7 Å². The van der Waals surface area contributed by atoms with Gasteiger partial charge in [0.15, 0.2) is 0 Å². The Balaban J connectivity index is 2.89. The number of anilines is 1. The first-order chi connectivity index (χ1) is 8.75. The second-order valence-corrected chi connectivity index (χ2v) is 6.87. The summed E-state index contributed by atoms with van der Waals surface area (Å²) in [7, 11) is 1.97. The Morgan fingerprint density at radius 2 is 1.79 bits per heavy atom. The maximum atomic E-state index is 4.86. The van der Waals surface area contributed by atoms with Crippen LogP contribution in [0.2, 0.25) is 0 Å². The number of benzene rings is 1. The molecule has 2 aromatic rings. The minimum atomic E-state index is 0.0503. The second-order valence-electron chi connectivity index (χ2n) is 6.08. The van der Waals surface area contributed by atoms with Crippen LogP contribution < -0.4 is 5.32 Å². The molecule has 1 heterocycles. The first-order valence-electron chi connectivity index (χ1n) is 6.54. The number of nitrogens with one attached hydrogen (secondary N) is 1. The molecule has 0 saturated carbocycles. The van der Waals surface area contributed by atoms with Gasteiger partial charge in [0.2, 0.25) is 0 Å². The SMILES string of the molecule is CNc1cc(C(C)(C)C)nc2cc(C)c(Br)c(C)c12. The van der Waals surface area contributed by atoms with Gasteiger partial charge >= 0.3 is 0 Å². The van der Waals surface area contributed by atoms with E-state index in [2.05, 4.69) is 68.0 Å². The van der Waals surface area contributed by atoms with Crippen LogP contribution in [-0.2, 0) is 5.41 Å². The van der Waals surface area contributed by atoms with Crippen molar-refractivity contribution in [3.8, 4) is 0 Å². The Kier molecular flexibility index (Phi) is 3.61. The van der Waals surface area contributed by atoms with E-state index in [9.17, 15) is 0 Å². The predicted molar refractivity (Wildman–Crippen MR) is 87.2 cm³/mol. The van der Waals surface area contributed by atoms with E-state index >= 15 is 0 Å². The molecule has 1 N–H and O–H groups in total. The van der Waals surface area contributed by atoms with Crippen LogP contribution in [-0.4, -0.2) is 12.0 Å². The van der Waals surface area contributed by atoms with E-state index in [0.717, 1.165) is 16.9 Å². The van der Waals surface area contributed by atoms with E-state index in [1.807, 2.05) is 7.05 Å². The third-order valence-electron chi connectivity index (χ3n) is 3.49. The van der Waals surface area contributed by atoms with Crippen molar-refractivity contribution < 1.29 is 0 Å². The molecule has 102 valence electrons. The van der Waals surface area contributed by atoms with E-state index in [4.69, 9.17) is 4.98 Å². The average molecular weight is 321 g/mol. The lowest BCUT2D eigenvalue weighted by atomic mass is 9.90. The van der Waals surface area contributed by atoms with Gasteiger partial charge in [-0.2, -0.15) is 0 Å². The number of fused-ring (bicyclic) bond motifs is 1. The zero-order chi connectivity index (χ0) is 14.4. The van der Waals surface area contributed by atoms with Crippen molar-refractivity contribution in [2.45, 2.75) is 40.0 Å². The molecule has 0 unspecified atom stereocenters. The quantitative estimate of drug-likeness (QED) is 0.803. The van der Waals surface area contributed by atoms with Crippen molar-refractivity contribution >= 4 is 32.5 Å². The molecule has 0 spiro atoms. The van der Waals surface area contributed by atoms with Crippen molar-refractivity contribution in [2.75, 3.05) is 12.4 Å². The molecule has 3 heteroatoms. The smallest absolute Gasteiger partial charge is 0.0732 e. The summed E-state index contributed by atoms with van der Waals surface area (Å²) < 4.78 is 1.17. The van der Waals surface area contributed by atoms with Crippen LogP contribution in [0, 0.1) is 13.8 Å². The van der Waals surface area contributed by atoms with E-state index in [0.29, 0.717) is 0 Å². The van der Waals surface area contributed by atoms with Crippen molar-refractivity contribution in [1.29, 1.82) is 0 Å². The fourth-order valence-corrected chi connectivity index (χ4v) is 2.63. The topological polar surface area (TPSA) is 24.9 Å². The fraction of sp³-hybridized carbons (Fsp3) is 0.438. The minimum absolute atomic E-state index is 0.0503. The van der Waals surface area contributed by atoms with Crippen molar-refractivity contribution in [2.24, 2.45) is 0 Å². The molecule has 0 amide bonds. The number of aryl methyl sites for hydroxylation is 2. The molecule has 0 radical (unpaired) electrons. The monoisotopic (exact) mass is 320 g/mol. The largest absolute Gasteiger partial charge is 0.388 e. The minimum Gasteiger partial charge on any atom is -0.388 e. The van der Waals surface area contributed by atoms with E-state index < -0.39 is 0 Å². The van der Waals surface area contributed by atoms with Gasteiger partial charge in [-0.15, -0.1) is 0 Å². The lowest BCUT2D eigenvalue weighted by Gasteiger charge is -2.21. The number of hydrogen-bond donors (Lipinski definition) is 1. The Morgan fingerprint density at radius 3 is 2.32 bits per heavy atom. The summed E-state index contributed by atoms with van der Waals surface area (Å²) in [5, 5.41) is 4.51. The molecule has 0 aliphatic carbocycles. The van der Waals surface area contributed by atoms with E-state index in [1.165, 1.54) is 21.0 Å². The highest BCUT2D eigenvalue weighted by Gasteiger charge is 2.19. The summed E-state index contributed by atoms with van der Waals surface area (Å²) in [6.45, 7) is 10.8. The zero-order valence-corrected chi connectivity index (χ0v) is 14.1. The lowest BCUT2D eigenvalue weighted by Crippen LogP contribution is -2.14. The van der Waals surface area contributed by atoms with Gasteiger partial charge in [-0.3, -0.25) is 4.98 Å². The number of aromatic nitrogens is 1. The molecular formula is C16H21BrN2. The van der Waals surface area contributed by atoms with Crippen LogP contribution in [0.1, 0.15) is 37.6 Å². The van der Waals surface area contributed by atoms with Crippen LogP contribution in [0.5, 0.6) is 0 Å². The van der Waals surface area contributed by atoms with Gasteiger partial charge in [0.05, 0.1) is 5.52 Å². The Hall–Kier alpha value is -1.09. The second kappa shape index (κ2) is 4.78. The summed E-state index contributed by atoms with van der Waals surface area (Å²) in [5.41, 5.74) is 5.85. The molecule has 0 atom stereocenters. The molecular weight excluding hydrogens is 300 g/mol. The van der Waals surface area contributed by atoms with Gasteiger partial charge in [-0.25, -0.2) is 0 Å². The Bertz CT molecular complexity index is 639. The molecule has 0 saturated heterocycles. The van der Waals surface area contributed by atoms with Crippen molar-refractivity contribution in [3.05, 3.63) is 33.4 Å². The molecule has 2 rings (SSSR count). The van der Waals surface area contributed by atoms with Crippen LogP contribution in [0.25, 0.3) is 10.9 Å². The molecule has 0 aliphatic heterocycles. The first kappa shape index (κ1) is 14.3. The third-order valence-corrected chi connectivity index (χ3v) is 4.71. The maximum absolute atomic E-state index is 4.86. The summed E-state index contributed by atoms with van der Waals surface area (Å²) in [5.74, 6) is 0. The molecule has 2 nitrogen and oxygen atoms in total. The number of rotatable bonds is 1. The zero-order valence-electron chi connectivity index (χ0n) is 12.5. The van der Waals surface area contributed by atoms with E-state index in [1.54, 1.807) is 0 Å². The third kappa shape index (κ3) is 2.48. The standard InChI is InChI=1S/C16H21BrN2/c1-9-7-12-14(10(2)15(9)17)11(18-6)8-13(19-12)16(3,4)5/h7-8H,1-6H3,(H,18,19). The molecule has 1 aromatic heterocycles. The molecule has 19 heavy (non-hydrogen) atoms. The summed E-state index contributed by atoms with van der Waals surface area (Å²) in [6, 6.07) is 4.32. The average Bonchev–Trinajstić information content (AvgIpc) is 2.33. The van der Waals surface area contributed by atoms with E-state index in [-0.39, 0.29) is 5.41 Å². The lowest BCUT2D eigenvalue weighted by molar-refractivity contribution is 0.572. The van der Waals surface area contributed by atoms with Gasteiger partial charge in [-0.1, -0.05) is 36.7 Å². The van der Waals surface area contributed by atoms with Crippen LogP contribution in [0.15, 0.2) is 16.6 Å². The molecule has 0 aliphatic rings. The van der Waals surface area contributed by atoms with Crippen molar-refractivity contribution in [3.63, 3.8) is 0 Å². The highest BCUT2D eigenvalue weighted by atomic mass is 79.9. The van der Waals surface area contributed by atoms with Gasteiger partial charge < -0.3 is 5.32 Å². The fourth-order valence-electron chi connectivity index (χ4n) is 2.32. The van der Waals surface area contributed by atoms with Crippen LogP contribution in [0.4, 0.5) is 5.69 Å². The summed E-state index contributed by atoms with van der Waals surface area (Å²) in [6.07, 6.45) is 0. The van der Waals surface area contributed by atoms with Gasteiger partial charge in [0.25, 0.3) is 0 Å². The number of nitrogens with zero attached hydrogens (tertiary/aromatic N) is 1. The highest BCUT2D eigenvalue weighted by Crippen LogP contribution is 2.35. The number of hydrogen-bond acceptors (Lipinski definition) is 2. The highest BCUT2D eigenvalue weighted by molar-refractivity contribution is 9.10. The molecule has 0 bridgehead atoms. The summed E-state index contributed by atoms with van der Waals surface area (Å²) in [4.78, 5) is 4.86. The summed E-state index contributed by atoms with van der Waals surface area (Å²) >= 11 is 3.67. The Morgan fingerprint density at radius 1 is 1.16 bits per heavy atom. The van der Waals surface area contributed by atoms with Crippen LogP contribution in [0.3, 0.4) is 0 Å². The van der Waals surface area contributed by atoms with Gasteiger partial charge in [-0.05, 0) is 37.1 Å². The van der Waals surface area contributed by atoms with Crippen molar-refractivity contribution in [1.82, 2.24) is 4.98 Å². The first-order valence-corrected chi connectivity index (χ1v) is 7.33.